The van der Waals surface area contributed by atoms with E-state index < -0.39 is 12.0 Å². The molecule has 0 aromatic rings. The van der Waals surface area contributed by atoms with Crippen LogP contribution in [0, 0.1) is 0 Å². The van der Waals surface area contributed by atoms with E-state index in [0.29, 0.717) is 6.04 Å². The highest BCUT2D eigenvalue weighted by molar-refractivity contribution is 5.80. The number of carboxylic acids is 1. The average molecular weight is 256 g/mol. The molecule has 2 atom stereocenters. The van der Waals surface area contributed by atoms with Crippen LogP contribution in [0.15, 0.2) is 0 Å². The maximum atomic E-state index is 12.2. The number of nitrogens with zero attached hydrogens (tertiary/aromatic N) is 2. The molecule has 1 N–H and O–H groups in total. The van der Waals surface area contributed by atoms with Crippen LogP contribution in [0.25, 0.3) is 0 Å². The highest BCUT2D eigenvalue weighted by atomic mass is 16.4. The summed E-state index contributed by atoms with van der Waals surface area (Å²) in [6, 6.07) is -0.293. The lowest BCUT2D eigenvalue weighted by atomic mass is 10.00. The van der Waals surface area contributed by atoms with Gasteiger partial charge in [0.05, 0.1) is 6.54 Å². The van der Waals surface area contributed by atoms with Gasteiger partial charge in [-0.2, -0.15) is 0 Å². The minimum Gasteiger partial charge on any atom is -0.480 e. The number of carbonyl (C=O) groups excluding carboxylic acids is 1. The summed E-state index contributed by atoms with van der Waals surface area (Å²) < 4.78 is 0. The third-order valence-corrected chi connectivity index (χ3v) is 3.82. The van der Waals surface area contributed by atoms with Crippen LogP contribution in [-0.2, 0) is 9.59 Å². The fourth-order valence-electron chi connectivity index (χ4n) is 2.38. The molecule has 1 aliphatic rings. The number of carboxylic acid groups (broad SMARTS) is 1. The van der Waals surface area contributed by atoms with Gasteiger partial charge in [-0.25, -0.2) is 0 Å². The molecular formula is C13H24N2O3. The summed E-state index contributed by atoms with van der Waals surface area (Å²) in [6.45, 7) is 4.69. The lowest BCUT2D eigenvalue weighted by Crippen LogP contribution is -2.49. The average Bonchev–Trinajstić information content (AvgIpc) is 2.37. The molecule has 1 aliphatic heterocycles. The molecule has 0 aliphatic carbocycles. The Kier molecular flexibility index (Phi) is 5.59. The Morgan fingerprint density at radius 2 is 2.11 bits per heavy atom. The zero-order chi connectivity index (χ0) is 13.7. The maximum Gasteiger partial charge on any atom is 0.320 e. The van der Waals surface area contributed by atoms with Gasteiger partial charge in [-0.15, -0.1) is 0 Å². The van der Waals surface area contributed by atoms with Crippen molar-refractivity contribution in [2.45, 2.75) is 51.6 Å². The van der Waals surface area contributed by atoms with Gasteiger partial charge in [0, 0.05) is 12.6 Å². The van der Waals surface area contributed by atoms with Crippen molar-refractivity contribution >= 4 is 11.9 Å². The molecule has 1 saturated heterocycles. The molecule has 0 aromatic carbocycles. The topological polar surface area (TPSA) is 60.9 Å². The number of rotatable bonds is 5. The number of hydrogen-bond donors (Lipinski definition) is 1. The summed E-state index contributed by atoms with van der Waals surface area (Å²) in [5, 5.41) is 8.91. The number of likely N-dealkylation sites (tertiary alicyclic amines) is 1. The molecule has 1 fully saturated rings. The van der Waals surface area contributed by atoms with E-state index in [9.17, 15) is 9.59 Å². The number of likely N-dealkylation sites (N-methyl/N-ethyl adjacent to an activating group) is 1. The quantitative estimate of drug-likeness (QED) is 0.802. The number of piperidine rings is 1. The van der Waals surface area contributed by atoms with Crippen LogP contribution in [0.5, 0.6) is 0 Å². The van der Waals surface area contributed by atoms with Gasteiger partial charge in [0.2, 0.25) is 5.91 Å². The van der Waals surface area contributed by atoms with E-state index in [1.807, 2.05) is 4.90 Å². The molecule has 0 bridgehead atoms. The third-order valence-electron chi connectivity index (χ3n) is 3.82. The van der Waals surface area contributed by atoms with E-state index in [0.717, 1.165) is 25.8 Å². The van der Waals surface area contributed by atoms with Crippen LogP contribution in [0.3, 0.4) is 0 Å². The van der Waals surface area contributed by atoms with Crippen molar-refractivity contribution in [3.8, 4) is 0 Å². The van der Waals surface area contributed by atoms with Gasteiger partial charge >= 0.3 is 5.97 Å². The number of amides is 1. The largest absolute Gasteiger partial charge is 0.480 e. The van der Waals surface area contributed by atoms with Crippen molar-refractivity contribution in [2.75, 3.05) is 20.1 Å². The fraction of sp³-hybridized carbons (Fsp3) is 0.846. The molecule has 18 heavy (non-hydrogen) atoms. The summed E-state index contributed by atoms with van der Waals surface area (Å²) >= 11 is 0. The van der Waals surface area contributed by atoms with E-state index in [1.165, 1.54) is 6.42 Å². The van der Waals surface area contributed by atoms with E-state index in [1.54, 1.807) is 18.9 Å². The summed E-state index contributed by atoms with van der Waals surface area (Å²) in [5.74, 6) is -0.840. The predicted octanol–water partition coefficient (Wildman–Crippen LogP) is 1.18. The Morgan fingerprint density at radius 3 is 2.67 bits per heavy atom. The minimum atomic E-state index is -0.893. The molecule has 1 rings (SSSR count). The van der Waals surface area contributed by atoms with Gasteiger partial charge in [-0.05, 0) is 39.7 Å². The number of hydrogen-bond acceptors (Lipinski definition) is 3. The van der Waals surface area contributed by atoms with Crippen molar-refractivity contribution in [2.24, 2.45) is 0 Å². The second-order valence-electron chi connectivity index (χ2n) is 5.07. The minimum absolute atomic E-state index is 0.0529. The highest BCUT2D eigenvalue weighted by Gasteiger charge is 2.27. The highest BCUT2D eigenvalue weighted by Crippen LogP contribution is 2.19. The Bertz CT molecular complexity index is 307. The molecule has 0 unspecified atom stereocenters. The molecule has 104 valence electrons. The summed E-state index contributed by atoms with van der Waals surface area (Å²) in [4.78, 5) is 26.6. The van der Waals surface area contributed by atoms with Crippen LogP contribution >= 0.6 is 0 Å². The molecule has 0 saturated carbocycles. The fourth-order valence-corrected chi connectivity index (χ4v) is 2.38. The first-order chi connectivity index (χ1) is 8.47. The van der Waals surface area contributed by atoms with E-state index in [4.69, 9.17) is 5.11 Å². The first-order valence-electron chi connectivity index (χ1n) is 6.69. The van der Waals surface area contributed by atoms with Gasteiger partial charge in [0.1, 0.15) is 6.04 Å². The standard InChI is InChI=1S/C13H24N2O3/c1-4-11-7-5-6-8-15(11)12(16)9-14(3)10(2)13(17)18/h10-11H,4-9H2,1-3H3,(H,17,18)/t10-,11-/m0/s1. The van der Waals surface area contributed by atoms with Crippen LogP contribution < -0.4 is 0 Å². The zero-order valence-electron chi connectivity index (χ0n) is 11.6. The van der Waals surface area contributed by atoms with Crippen LogP contribution in [-0.4, -0.2) is 59.0 Å². The van der Waals surface area contributed by atoms with Gasteiger partial charge < -0.3 is 10.0 Å². The maximum absolute atomic E-state index is 12.2. The van der Waals surface area contributed by atoms with Crippen LogP contribution in [0.1, 0.15) is 39.5 Å². The second-order valence-corrected chi connectivity index (χ2v) is 5.07. The molecule has 0 radical (unpaired) electrons. The summed E-state index contributed by atoms with van der Waals surface area (Å²) in [6.07, 6.45) is 4.29. The van der Waals surface area contributed by atoms with E-state index in [-0.39, 0.29) is 12.5 Å². The van der Waals surface area contributed by atoms with Crippen molar-refractivity contribution < 1.29 is 14.7 Å². The first kappa shape index (κ1) is 15.0. The van der Waals surface area contributed by atoms with E-state index in [2.05, 4.69) is 6.92 Å². The van der Waals surface area contributed by atoms with Crippen molar-refractivity contribution in [1.82, 2.24) is 9.80 Å². The lowest BCUT2D eigenvalue weighted by molar-refractivity contribution is -0.144. The van der Waals surface area contributed by atoms with Gasteiger partial charge in [0.25, 0.3) is 0 Å². The Balaban J connectivity index is 2.55. The smallest absolute Gasteiger partial charge is 0.320 e. The van der Waals surface area contributed by atoms with Crippen LogP contribution in [0.4, 0.5) is 0 Å². The molecule has 0 aromatic heterocycles. The molecule has 5 heteroatoms. The number of aliphatic carboxylic acids is 1. The van der Waals surface area contributed by atoms with E-state index >= 15 is 0 Å². The Hall–Kier alpha value is -1.10. The van der Waals surface area contributed by atoms with Gasteiger partial charge in [0.15, 0.2) is 0 Å². The second kappa shape index (κ2) is 6.73. The van der Waals surface area contributed by atoms with Crippen molar-refractivity contribution in [1.29, 1.82) is 0 Å². The predicted molar refractivity (Wildman–Crippen MR) is 69.4 cm³/mol. The first-order valence-corrected chi connectivity index (χ1v) is 6.69. The third kappa shape index (κ3) is 3.70. The van der Waals surface area contributed by atoms with Crippen molar-refractivity contribution in [3.63, 3.8) is 0 Å². The molecular weight excluding hydrogens is 232 g/mol. The van der Waals surface area contributed by atoms with Crippen LogP contribution in [0.2, 0.25) is 0 Å². The Morgan fingerprint density at radius 1 is 1.44 bits per heavy atom. The molecule has 1 heterocycles. The summed E-state index contributed by atoms with van der Waals surface area (Å²) in [5.41, 5.74) is 0. The monoisotopic (exact) mass is 256 g/mol. The summed E-state index contributed by atoms with van der Waals surface area (Å²) in [7, 11) is 1.68. The molecule has 5 nitrogen and oxygen atoms in total. The van der Waals surface area contributed by atoms with Crippen molar-refractivity contribution in [3.05, 3.63) is 0 Å². The molecule has 1 amide bonds. The lowest BCUT2D eigenvalue weighted by Gasteiger charge is -2.36. The van der Waals surface area contributed by atoms with Gasteiger partial charge in [-0.3, -0.25) is 14.5 Å². The SMILES string of the molecule is CC[C@H]1CCCCN1C(=O)CN(C)[C@@H](C)C(=O)O. The number of carbonyl (C=O) groups is 2. The van der Waals surface area contributed by atoms with Gasteiger partial charge in [-0.1, -0.05) is 6.92 Å². The zero-order valence-corrected chi connectivity index (χ0v) is 11.6. The normalized spacial score (nSPS) is 22.0. The Labute approximate surface area is 109 Å². The molecule has 0 spiro atoms.